The van der Waals surface area contributed by atoms with Crippen LogP contribution in [-0.2, 0) is 13.1 Å². The molecule has 2 aromatic carbocycles. The van der Waals surface area contributed by atoms with E-state index in [4.69, 9.17) is 11.6 Å². The largest absolute Gasteiger partial charge is 0.304 e. The first-order valence-corrected chi connectivity index (χ1v) is 10.2. The molecule has 0 saturated carbocycles. The number of carbonyl (C=O) groups is 1. The minimum Gasteiger partial charge on any atom is -0.304 e. The molecule has 4 rings (SSSR count). The third kappa shape index (κ3) is 4.95. The summed E-state index contributed by atoms with van der Waals surface area (Å²) in [6.07, 6.45) is 5.19. The van der Waals surface area contributed by atoms with E-state index < -0.39 is 0 Å². The van der Waals surface area contributed by atoms with Crippen LogP contribution in [-0.4, -0.2) is 25.5 Å². The van der Waals surface area contributed by atoms with E-state index in [2.05, 4.69) is 31.4 Å². The molecule has 152 valence electrons. The molecule has 2 heterocycles. The fourth-order valence-corrected chi connectivity index (χ4v) is 3.47. The zero-order chi connectivity index (χ0) is 21.1. The lowest BCUT2D eigenvalue weighted by Gasteiger charge is -2.06. The normalized spacial score (nSPS) is 10.9. The highest BCUT2D eigenvalue weighted by molar-refractivity contribution is 9.10. The minimum absolute atomic E-state index is 0.269. The van der Waals surface area contributed by atoms with Crippen LogP contribution in [0.25, 0.3) is 0 Å². The third-order valence-electron chi connectivity index (χ3n) is 4.34. The molecule has 0 aliphatic heterocycles. The molecule has 9 heteroatoms. The lowest BCUT2D eigenvalue weighted by Crippen LogP contribution is -2.14. The molecule has 1 amide bonds. The van der Waals surface area contributed by atoms with E-state index in [0.717, 1.165) is 15.6 Å². The maximum absolute atomic E-state index is 13.1. The SMILES string of the molecule is O=C(Nc1nn(Cc2ccc(F)cc2)cc1Cl)c1cccc(Cn2cc(Br)cn2)c1. The molecule has 0 fully saturated rings. The van der Waals surface area contributed by atoms with Crippen molar-refractivity contribution in [2.24, 2.45) is 0 Å². The van der Waals surface area contributed by atoms with Crippen LogP contribution in [0.2, 0.25) is 5.02 Å². The summed E-state index contributed by atoms with van der Waals surface area (Å²) in [6, 6.07) is 13.4. The quantitative estimate of drug-likeness (QED) is 0.416. The summed E-state index contributed by atoms with van der Waals surface area (Å²) in [7, 11) is 0. The first kappa shape index (κ1) is 20.3. The summed E-state index contributed by atoms with van der Waals surface area (Å²) < 4.78 is 17.3. The van der Waals surface area contributed by atoms with Gasteiger partial charge in [0.15, 0.2) is 5.82 Å². The topological polar surface area (TPSA) is 64.7 Å². The smallest absolute Gasteiger partial charge is 0.256 e. The van der Waals surface area contributed by atoms with Crippen molar-refractivity contribution in [2.45, 2.75) is 13.1 Å². The van der Waals surface area contributed by atoms with E-state index >= 15 is 0 Å². The summed E-state index contributed by atoms with van der Waals surface area (Å²) in [5.74, 6) is -0.342. The number of carbonyl (C=O) groups excluding carboxylic acids is 1. The van der Waals surface area contributed by atoms with Gasteiger partial charge in [0.05, 0.1) is 23.8 Å². The number of hydrogen-bond donors (Lipinski definition) is 1. The van der Waals surface area contributed by atoms with E-state index in [-0.39, 0.29) is 17.5 Å². The predicted octanol–water partition coefficient (Wildman–Crippen LogP) is 4.98. The van der Waals surface area contributed by atoms with Gasteiger partial charge in [-0.3, -0.25) is 14.2 Å². The maximum atomic E-state index is 13.1. The van der Waals surface area contributed by atoms with Crippen LogP contribution >= 0.6 is 27.5 Å². The van der Waals surface area contributed by atoms with Crippen molar-refractivity contribution in [2.75, 3.05) is 5.32 Å². The van der Waals surface area contributed by atoms with Crippen molar-refractivity contribution in [3.63, 3.8) is 0 Å². The van der Waals surface area contributed by atoms with Gasteiger partial charge in [-0.05, 0) is 51.3 Å². The van der Waals surface area contributed by atoms with Crippen LogP contribution in [0.15, 0.2) is 71.6 Å². The Morgan fingerprint density at radius 2 is 1.83 bits per heavy atom. The molecule has 0 saturated heterocycles. The molecule has 4 aromatic rings. The number of nitrogens with one attached hydrogen (secondary N) is 1. The molecule has 6 nitrogen and oxygen atoms in total. The number of benzene rings is 2. The number of anilines is 1. The molecule has 0 atom stereocenters. The number of halogens is 3. The second-order valence-corrected chi connectivity index (χ2v) is 7.98. The fourth-order valence-electron chi connectivity index (χ4n) is 2.94. The van der Waals surface area contributed by atoms with Crippen LogP contribution < -0.4 is 5.32 Å². The molecule has 0 unspecified atom stereocenters. The Bertz CT molecular complexity index is 1190. The highest BCUT2D eigenvalue weighted by Gasteiger charge is 2.13. The lowest BCUT2D eigenvalue weighted by atomic mass is 10.1. The van der Waals surface area contributed by atoms with Gasteiger partial charge in [0, 0.05) is 18.0 Å². The average Bonchev–Trinajstić information content (AvgIpc) is 3.28. The van der Waals surface area contributed by atoms with E-state index in [1.807, 2.05) is 18.3 Å². The Morgan fingerprint density at radius 1 is 1.07 bits per heavy atom. The summed E-state index contributed by atoms with van der Waals surface area (Å²) in [4.78, 5) is 12.7. The van der Waals surface area contributed by atoms with Crippen LogP contribution in [0.1, 0.15) is 21.5 Å². The zero-order valence-electron chi connectivity index (χ0n) is 15.6. The Kier molecular flexibility index (Phi) is 5.96. The zero-order valence-corrected chi connectivity index (χ0v) is 17.9. The first-order valence-electron chi connectivity index (χ1n) is 9.02. The van der Waals surface area contributed by atoms with Crippen molar-refractivity contribution in [1.82, 2.24) is 19.6 Å². The van der Waals surface area contributed by atoms with Crippen molar-refractivity contribution in [3.8, 4) is 0 Å². The monoisotopic (exact) mass is 487 g/mol. The first-order chi connectivity index (χ1) is 14.5. The number of hydrogen-bond acceptors (Lipinski definition) is 3. The molecular formula is C21H16BrClFN5O. The van der Waals surface area contributed by atoms with Crippen molar-refractivity contribution in [1.29, 1.82) is 0 Å². The maximum Gasteiger partial charge on any atom is 0.256 e. The third-order valence-corrected chi connectivity index (χ3v) is 5.03. The van der Waals surface area contributed by atoms with Crippen LogP contribution in [0.5, 0.6) is 0 Å². The fraction of sp³-hybridized carbons (Fsp3) is 0.0952. The number of aromatic nitrogens is 4. The summed E-state index contributed by atoms with van der Waals surface area (Å²) in [5, 5.41) is 11.6. The van der Waals surface area contributed by atoms with Crippen molar-refractivity contribution < 1.29 is 9.18 Å². The standard InChI is InChI=1S/C21H16BrClFN5O/c22-17-9-25-28(12-17)11-15-2-1-3-16(8-15)21(30)26-20-19(23)13-29(27-20)10-14-4-6-18(24)7-5-14/h1-9,12-13H,10-11H2,(H,26,27,30). The Morgan fingerprint density at radius 3 is 2.57 bits per heavy atom. The Hall–Kier alpha value is -2.97. The Balaban J connectivity index is 1.45. The van der Waals surface area contributed by atoms with E-state index in [1.54, 1.807) is 46.0 Å². The van der Waals surface area contributed by atoms with E-state index in [0.29, 0.717) is 23.7 Å². The van der Waals surface area contributed by atoms with E-state index in [9.17, 15) is 9.18 Å². The number of amides is 1. The molecule has 0 bridgehead atoms. The highest BCUT2D eigenvalue weighted by Crippen LogP contribution is 2.21. The summed E-state index contributed by atoms with van der Waals surface area (Å²) in [5.41, 5.74) is 2.29. The molecule has 0 aliphatic carbocycles. The predicted molar refractivity (Wildman–Crippen MR) is 116 cm³/mol. The highest BCUT2D eigenvalue weighted by atomic mass is 79.9. The summed E-state index contributed by atoms with van der Waals surface area (Å²) in [6.45, 7) is 0.949. The van der Waals surface area contributed by atoms with Gasteiger partial charge >= 0.3 is 0 Å². The molecular weight excluding hydrogens is 473 g/mol. The molecule has 0 aliphatic rings. The van der Waals surface area contributed by atoms with Crippen LogP contribution in [0.4, 0.5) is 10.2 Å². The van der Waals surface area contributed by atoms with Crippen molar-refractivity contribution in [3.05, 3.63) is 99.1 Å². The van der Waals surface area contributed by atoms with Gasteiger partial charge in [0.1, 0.15) is 10.8 Å². The van der Waals surface area contributed by atoms with Gasteiger partial charge in [0.2, 0.25) is 0 Å². The second kappa shape index (κ2) is 8.81. The van der Waals surface area contributed by atoms with Crippen LogP contribution in [0, 0.1) is 5.82 Å². The van der Waals surface area contributed by atoms with Gasteiger partial charge in [-0.25, -0.2) is 4.39 Å². The molecule has 0 spiro atoms. The Labute approximate surface area is 185 Å². The van der Waals surface area contributed by atoms with Gasteiger partial charge in [-0.15, -0.1) is 0 Å². The van der Waals surface area contributed by atoms with Gasteiger partial charge in [-0.2, -0.15) is 10.2 Å². The van der Waals surface area contributed by atoms with E-state index in [1.165, 1.54) is 12.1 Å². The summed E-state index contributed by atoms with van der Waals surface area (Å²) >= 11 is 9.60. The van der Waals surface area contributed by atoms with Gasteiger partial charge < -0.3 is 5.32 Å². The minimum atomic E-state index is -0.313. The molecule has 2 aromatic heterocycles. The number of nitrogens with zero attached hydrogens (tertiary/aromatic N) is 4. The van der Waals surface area contributed by atoms with Gasteiger partial charge in [-0.1, -0.05) is 35.9 Å². The van der Waals surface area contributed by atoms with Crippen LogP contribution in [0.3, 0.4) is 0 Å². The van der Waals surface area contributed by atoms with Gasteiger partial charge in [0.25, 0.3) is 5.91 Å². The molecule has 1 N–H and O–H groups in total. The second-order valence-electron chi connectivity index (χ2n) is 6.66. The van der Waals surface area contributed by atoms with Crippen molar-refractivity contribution >= 4 is 39.3 Å². The average molecular weight is 489 g/mol. The lowest BCUT2D eigenvalue weighted by molar-refractivity contribution is 0.102. The molecule has 0 radical (unpaired) electrons. The number of rotatable bonds is 6. The molecule has 30 heavy (non-hydrogen) atoms.